The maximum absolute atomic E-state index is 10.9. The minimum atomic E-state index is 0.0859. The molecule has 0 aromatic heterocycles. The molecule has 0 rings (SSSR count). The van der Waals surface area contributed by atoms with Crippen molar-refractivity contribution in [2.24, 2.45) is 5.92 Å². The monoisotopic (exact) mass is 153 g/mol. The third kappa shape index (κ3) is 6.92. The third-order valence-electron chi connectivity index (χ3n) is 1.14. The fourth-order valence-corrected chi connectivity index (χ4v) is 0.674. The van der Waals surface area contributed by atoms with Crippen molar-refractivity contribution in [2.75, 3.05) is 6.54 Å². The summed E-state index contributed by atoms with van der Waals surface area (Å²) in [5.74, 6) is 5.99. The Balaban J connectivity index is 3.43. The number of nitrogens with one attached hydrogen (secondary N) is 1. The van der Waals surface area contributed by atoms with Gasteiger partial charge in [-0.25, -0.2) is 0 Å². The zero-order chi connectivity index (χ0) is 8.69. The first-order chi connectivity index (χ1) is 5.16. The number of carbonyl (C=O) groups is 1. The standard InChI is InChI=1S/C9H15NO/c1-4-5-6-10-9(11)7-8(2)3/h8H,6-7H2,1-3H3,(H,10,11). The van der Waals surface area contributed by atoms with Gasteiger partial charge >= 0.3 is 0 Å². The summed E-state index contributed by atoms with van der Waals surface area (Å²) in [7, 11) is 0. The van der Waals surface area contributed by atoms with E-state index in [-0.39, 0.29) is 5.91 Å². The number of amides is 1. The highest BCUT2D eigenvalue weighted by Crippen LogP contribution is 1.97. The van der Waals surface area contributed by atoms with Crippen LogP contribution in [0.4, 0.5) is 0 Å². The van der Waals surface area contributed by atoms with Crippen molar-refractivity contribution in [1.29, 1.82) is 0 Å². The van der Waals surface area contributed by atoms with Crippen molar-refractivity contribution in [2.45, 2.75) is 27.2 Å². The Labute approximate surface area is 68.4 Å². The molecular weight excluding hydrogens is 138 g/mol. The maximum Gasteiger partial charge on any atom is 0.221 e. The molecule has 0 radical (unpaired) electrons. The Morgan fingerprint density at radius 3 is 2.64 bits per heavy atom. The molecule has 0 aliphatic carbocycles. The van der Waals surface area contributed by atoms with E-state index in [2.05, 4.69) is 17.2 Å². The summed E-state index contributed by atoms with van der Waals surface area (Å²) in [4.78, 5) is 10.9. The van der Waals surface area contributed by atoms with Gasteiger partial charge in [0.2, 0.25) is 5.91 Å². The second kappa shape index (κ2) is 5.79. The van der Waals surface area contributed by atoms with Gasteiger partial charge in [-0.2, -0.15) is 0 Å². The number of rotatable bonds is 3. The van der Waals surface area contributed by atoms with E-state index < -0.39 is 0 Å². The Kier molecular flexibility index (Phi) is 5.28. The molecule has 0 spiro atoms. The predicted molar refractivity (Wildman–Crippen MR) is 45.9 cm³/mol. The lowest BCUT2D eigenvalue weighted by atomic mass is 10.1. The van der Waals surface area contributed by atoms with E-state index in [1.807, 2.05) is 13.8 Å². The van der Waals surface area contributed by atoms with Crippen LogP contribution in [0.1, 0.15) is 27.2 Å². The van der Waals surface area contributed by atoms with Gasteiger partial charge < -0.3 is 5.32 Å². The molecule has 0 saturated carbocycles. The van der Waals surface area contributed by atoms with Gasteiger partial charge in [-0.15, -0.1) is 5.92 Å². The Hall–Kier alpha value is -0.970. The largest absolute Gasteiger partial charge is 0.345 e. The SMILES string of the molecule is CC#CCNC(=O)CC(C)C. The summed E-state index contributed by atoms with van der Waals surface area (Å²) in [5, 5.41) is 2.70. The molecule has 1 amide bonds. The van der Waals surface area contributed by atoms with Crippen LogP contribution in [-0.4, -0.2) is 12.5 Å². The minimum Gasteiger partial charge on any atom is -0.345 e. The highest BCUT2D eigenvalue weighted by Gasteiger charge is 2.01. The molecule has 0 unspecified atom stereocenters. The summed E-state index contributed by atoms with van der Waals surface area (Å²) in [5.41, 5.74) is 0. The van der Waals surface area contributed by atoms with E-state index in [1.54, 1.807) is 6.92 Å². The summed E-state index contributed by atoms with van der Waals surface area (Å²) >= 11 is 0. The molecule has 0 bridgehead atoms. The van der Waals surface area contributed by atoms with Crippen molar-refractivity contribution in [3.8, 4) is 11.8 Å². The van der Waals surface area contributed by atoms with Gasteiger partial charge in [-0.1, -0.05) is 19.8 Å². The van der Waals surface area contributed by atoms with Crippen LogP contribution in [0, 0.1) is 17.8 Å². The molecule has 1 N–H and O–H groups in total. The maximum atomic E-state index is 10.9. The molecule has 0 aliphatic heterocycles. The van der Waals surface area contributed by atoms with E-state index >= 15 is 0 Å². The van der Waals surface area contributed by atoms with Crippen molar-refractivity contribution >= 4 is 5.91 Å². The molecule has 11 heavy (non-hydrogen) atoms. The normalized spacial score (nSPS) is 8.73. The van der Waals surface area contributed by atoms with Gasteiger partial charge in [0.15, 0.2) is 0 Å². The predicted octanol–water partition coefficient (Wildman–Crippen LogP) is 1.17. The van der Waals surface area contributed by atoms with Crippen LogP contribution < -0.4 is 5.32 Å². The first-order valence-electron chi connectivity index (χ1n) is 3.83. The van der Waals surface area contributed by atoms with E-state index in [0.29, 0.717) is 18.9 Å². The Morgan fingerprint density at radius 2 is 2.18 bits per heavy atom. The van der Waals surface area contributed by atoms with Gasteiger partial charge in [0.25, 0.3) is 0 Å². The number of carbonyl (C=O) groups excluding carboxylic acids is 1. The molecular formula is C9H15NO. The second-order valence-electron chi connectivity index (χ2n) is 2.80. The van der Waals surface area contributed by atoms with Crippen LogP contribution in [0.3, 0.4) is 0 Å². The molecule has 0 heterocycles. The molecule has 0 aliphatic rings. The molecule has 0 aromatic rings. The molecule has 0 atom stereocenters. The summed E-state index contributed by atoms with van der Waals surface area (Å²) in [6, 6.07) is 0. The van der Waals surface area contributed by atoms with Crippen molar-refractivity contribution in [3.05, 3.63) is 0 Å². The van der Waals surface area contributed by atoms with Crippen LogP contribution in [0.2, 0.25) is 0 Å². The molecule has 2 nitrogen and oxygen atoms in total. The fraction of sp³-hybridized carbons (Fsp3) is 0.667. The van der Waals surface area contributed by atoms with Crippen LogP contribution in [-0.2, 0) is 4.79 Å². The van der Waals surface area contributed by atoms with E-state index in [4.69, 9.17) is 0 Å². The quantitative estimate of drug-likeness (QED) is 0.606. The van der Waals surface area contributed by atoms with Gasteiger partial charge in [-0.3, -0.25) is 4.79 Å². The number of hydrogen-bond acceptors (Lipinski definition) is 1. The summed E-state index contributed by atoms with van der Waals surface area (Å²) < 4.78 is 0. The van der Waals surface area contributed by atoms with Crippen molar-refractivity contribution in [1.82, 2.24) is 5.32 Å². The lowest BCUT2D eigenvalue weighted by molar-refractivity contribution is -0.121. The molecule has 0 aromatic carbocycles. The lowest BCUT2D eigenvalue weighted by Gasteiger charge is -2.02. The fourth-order valence-electron chi connectivity index (χ4n) is 0.674. The first-order valence-corrected chi connectivity index (χ1v) is 3.83. The van der Waals surface area contributed by atoms with E-state index in [9.17, 15) is 4.79 Å². The minimum absolute atomic E-state index is 0.0859. The average molecular weight is 153 g/mol. The highest BCUT2D eigenvalue weighted by atomic mass is 16.1. The molecule has 0 fully saturated rings. The third-order valence-corrected chi connectivity index (χ3v) is 1.14. The Morgan fingerprint density at radius 1 is 1.55 bits per heavy atom. The van der Waals surface area contributed by atoms with Crippen LogP contribution in [0.25, 0.3) is 0 Å². The zero-order valence-electron chi connectivity index (χ0n) is 7.40. The Bertz CT molecular complexity index is 174. The van der Waals surface area contributed by atoms with Crippen molar-refractivity contribution < 1.29 is 4.79 Å². The first kappa shape index (κ1) is 10.0. The second-order valence-corrected chi connectivity index (χ2v) is 2.80. The van der Waals surface area contributed by atoms with Crippen LogP contribution in [0.5, 0.6) is 0 Å². The highest BCUT2D eigenvalue weighted by molar-refractivity contribution is 5.76. The van der Waals surface area contributed by atoms with Gasteiger partial charge in [0, 0.05) is 6.42 Å². The van der Waals surface area contributed by atoms with Crippen LogP contribution >= 0.6 is 0 Å². The average Bonchev–Trinajstić information content (AvgIpc) is 1.86. The molecule has 2 heteroatoms. The van der Waals surface area contributed by atoms with E-state index in [0.717, 1.165) is 0 Å². The lowest BCUT2D eigenvalue weighted by Crippen LogP contribution is -2.24. The van der Waals surface area contributed by atoms with Crippen molar-refractivity contribution in [3.63, 3.8) is 0 Å². The molecule has 62 valence electrons. The number of hydrogen-bond donors (Lipinski definition) is 1. The van der Waals surface area contributed by atoms with Gasteiger partial charge in [-0.05, 0) is 12.8 Å². The van der Waals surface area contributed by atoms with E-state index in [1.165, 1.54) is 0 Å². The topological polar surface area (TPSA) is 29.1 Å². The molecule has 0 saturated heterocycles. The zero-order valence-corrected chi connectivity index (χ0v) is 7.40. The summed E-state index contributed by atoms with van der Waals surface area (Å²) in [6.45, 7) is 6.27. The summed E-state index contributed by atoms with van der Waals surface area (Å²) in [6.07, 6.45) is 0.589. The van der Waals surface area contributed by atoms with Crippen LogP contribution in [0.15, 0.2) is 0 Å². The van der Waals surface area contributed by atoms with Gasteiger partial charge in [0.1, 0.15) is 0 Å². The van der Waals surface area contributed by atoms with Gasteiger partial charge in [0.05, 0.1) is 6.54 Å². The smallest absolute Gasteiger partial charge is 0.221 e.